The van der Waals surface area contributed by atoms with E-state index in [1.807, 2.05) is 17.5 Å². The highest BCUT2D eigenvalue weighted by Crippen LogP contribution is 2.23. The molecule has 0 amide bonds. The summed E-state index contributed by atoms with van der Waals surface area (Å²) in [7, 11) is 0. The Morgan fingerprint density at radius 3 is 3.09 bits per heavy atom. The Kier molecular flexibility index (Phi) is 3.38. The molecule has 0 aliphatic heterocycles. The Labute approximate surface area is 131 Å². The van der Waals surface area contributed by atoms with Crippen LogP contribution in [0.3, 0.4) is 0 Å². The molecule has 0 aromatic carbocycles. The van der Waals surface area contributed by atoms with Gasteiger partial charge < -0.3 is 4.42 Å². The van der Waals surface area contributed by atoms with Crippen molar-refractivity contribution >= 4 is 11.3 Å². The van der Waals surface area contributed by atoms with Crippen LogP contribution in [-0.2, 0) is 19.4 Å². The van der Waals surface area contributed by atoms with E-state index in [1.54, 1.807) is 23.7 Å². The number of oxazole rings is 1. The number of fused-ring (bicyclic) bond motifs is 1. The lowest BCUT2D eigenvalue weighted by Crippen LogP contribution is -2.26. The zero-order valence-electron chi connectivity index (χ0n) is 12.0. The lowest BCUT2D eigenvalue weighted by Gasteiger charge is -2.15. The van der Waals surface area contributed by atoms with Gasteiger partial charge in [-0.2, -0.15) is 5.10 Å². The number of thiophene rings is 1. The van der Waals surface area contributed by atoms with Crippen molar-refractivity contribution in [2.75, 3.05) is 0 Å². The second kappa shape index (κ2) is 5.53. The molecule has 0 saturated heterocycles. The molecule has 5 nitrogen and oxygen atoms in total. The first-order valence-corrected chi connectivity index (χ1v) is 8.26. The first-order chi connectivity index (χ1) is 10.8. The number of aryl methyl sites for hydroxylation is 2. The van der Waals surface area contributed by atoms with Crippen LogP contribution in [0, 0.1) is 0 Å². The molecule has 0 bridgehead atoms. The molecule has 0 N–H and O–H groups in total. The van der Waals surface area contributed by atoms with Gasteiger partial charge in [0.25, 0.3) is 5.56 Å². The lowest BCUT2D eigenvalue weighted by atomic mass is 9.97. The van der Waals surface area contributed by atoms with Gasteiger partial charge in [-0.25, -0.2) is 9.67 Å². The molecule has 22 heavy (non-hydrogen) atoms. The van der Waals surface area contributed by atoms with Crippen molar-refractivity contribution in [3.63, 3.8) is 0 Å². The van der Waals surface area contributed by atoms with Crippen LogP contribution in [0.5, 0.6) is 0 Å². The molecule has 0 saturated carbocycles. The third-order valence-electron chi connectivity index (χ3n) is 3.87. The lowest BCUT2D eigenvalue weighted by molar-refractivity contribution is 0.556. The normalized spacial score (nSPS) is 14.0. The molecule has 1 aliphatic carbocycles. The first-order valence-electron chi connectivity index (χ1n) is 7.38. The van der Waals surface area contributed by atoms with E-state index in [1.165, 1.54) is 4.68 Å². The number of nitrogens with zero attached hydrogens (tertiary/aromatic N) is 3. The summed E-state index contributed by atoms with van der Waals surface area (Å²) in [4.78, 5) is 17.6. The minimum absolute atomic E-state index is 0.0682. The average Bonchev–Trinajstić information content (AvgIpc) is 3.18. The van der Waals surface area contributed by atoms with Gasteiger partial charge in [0.1, 0.15) is 12.0 Å². The van der Waals surface area contributed by atoms with Gasteiger partial charge in [-0.3, -0.25) is 4.79 Å². The van der Waals surface area contributed by atoms with Gasteiger partial charge in [0.2, 0.25) is 5.89 Å². The van der Waals surface area contributed by atoms with Crippen LogP contribution in [0.1, 0.15) is 29.8 Å². The van der Waals surface area contributed by atoms with E-state index in [0.717, 1.165) is 41.8 Å². The van der Waals surface area contributed by atoms with Crippen molar-refractivity contribution in [2.45, 2.75) is 32.2 Å². The monoisotopic (exact) mass is 313 g/mol. The average molecular weight is 313 g/mol. The Morgan fingerprint density at radius 1 is 1.32 bits per heavy atom. The van der Waals surface area contributed by atoms with Gasteiger partial charge in [-0.1, -0.05) is 6.07 Å². The molecule has 0 atom stereocenters. The zero-order valence-corrected chi connectivity index (χ0v) is 12.8. The molecule has 0 spiro atoms. The molecule has 6 heteroatoms. The van der Waals surface area contributed by atoms with Gasteiger partial charge in [-0.05, 0) is 42.7 Å². The highest BCUT2D eigenvalue weighted by Gasteiger charge is 2.14. The molecule has 0 fully saturated rings. The van der Waals surface area contributed by atoms with Crippen LogP contribution in [0.25, 0.3) is 10.8 Å². The van der Waals surface area contributed by atoms with Crippen molar-refractivity contribution in [2.24, 2.45) is 0 Å². The smallest absolute Gasteiger partial charge is 0.267 e. The predicted molar refractivity (Wildman–Crippen MR) is 84.1 cm³/mol. The van der Waals surface area contributed by atoms with Gasteiger partial charge in [0, 0.05) is 6.07 Å². The standard InChI is InChI=1S/C16H15N3O2S/c20-15-8-11-4-1-2-5-13(11)18-19(15)9-12-10-21-16(17-12)14-6-3-7-22-14/h3,6-8,10H,1-2,4-5,9H2. The molecular formula is C16H15N3O2S. The number of aromatic nitrogens is 3. The maximum atomic E-state index is 12.2. The minimum atomic E-state index is -0.0682. The van der Waals surface area contributed by atoms with E-state index in [9.17, 15) is 4.79 Å². The summed E-state index contributed by atoms with van der Waals surface area (Å²) in [6.07, 6.45) is 5.80. The molecule has 3 aromatic rings. The molecule has 112 valence electrons. The Bertz CT molecular complexity index is 849. The molecule has 3 aromatic heterocycles. The summed E-state index contributed by atoms with van der Waals surface area (Å²) < 4.78 is 6.98. The van der Waals surface area contributed by atoms with E-state index >= 15 is 0 Å². The topological polar surface area (TPSA) is 60.9 Å². The maximum Gasteiger partial charge on any atom is 0.267 e. The van der Waals surface area contributed by atoms with Crippen molar-refractivity contribution in [3.05, 3.63) is 57.1 Å². The van der Waals surface area contributed by atoms with E-state index in [0.29, 0.717) is 18.1 Å². The Hall–Kier alpha value is -2.21. The van der Waals surface area contributed by atoms with Gasteiger partial charge in [-0.15, -0.1) is 11.3 Å². The molecular weight excluding hydrogens is 298 g/mol. The summed E-state index contributed by atoms with van der Waals surface area (Å²) in [5.41, 5.74) is 2.80. The fourth-order valence-corrected chi connectivity index (χ4v) is 3.42. The summed E-state index contributed by atoms with van der Waals surface area (Å²) >= 11 is 1.58. The quantitative estimate of drug-likeness (QED) is 0.746. The van der Waals surface area contributed by atoms with Crippen LogP contribution in [0.2, 0.25) is 0 Å². The summed E-state index contributed by atoms with van der Waals surface area (Å²) in [6, 6.07) is 5.64. The first kappa shape index (κ1) is 13.5. The molecule has 0 radical (unpaired) electrons. The van der Waals surface area contributed by atoms with E-state index in [2.05, 4.69) is 10.1 Å². The summed E-state index contributed by atoms with van der Waals surface area (Å²) in [6.45, 7) is 0.348. The highest BCUT2D eigenvalue weighted by molar-refractivity contribution is 7.13. The van der Waals surface area contributed by atoms with Crippen LogP contribution in [0.4, 0.5) is 0 Å². The van der Waals surface area contributed by atoms with Crippen molar-refractivity contribution < 1.29 is 4.42 Å². The van der Waals surface area contributed by atoms with Gasteiger partial charge in [0.15, 0.2) is 0 Å². The molecule has 3 heterocycles. The number of rotatable bonds is 3. The fraction of sp³-hybridized carbons (Fsp3) is 0.312. The third-order valence-corrected chi connectivity index (χ3v) is 4.73. The molecule has 4 rings (SSSR count). The molecule has 1 aliphatic rings. The van der Waals surface area contributed by atoms with E-state index < -0.39 is 0 Å². The van der Waals surface area contributed by atoms with E-state index in [-0.39, 0.29) is 5.56 Å². The Balaban J connectivity index is 1.62. The van der Waals surface area contributed by atoms with Gasteiger partial charge in [0.05, 0.1) is 17.1 Å². The second-order valence-electron chi connectivity index (χ2n) is 5.44. The van der Waals surface area contributed by atoms with Crippen molar-refractivity contribution in [1.29, 1.82) is 0 Å². The maximum absolute atomic E-state index is 12.2. The van der Waals surface area contributed by atoms with Crippen LogP contribution < -0.4 is 5.56 Å². The Morgan fingerprint density at radius 2 is 2.23 bits per heavy atom. The van der Waals surface area contributed by atoms with Gasteiger partial charge >= 0.3 is 0 Å². The third kappa shape index (κ3) is 2.50. The predicted octanol–water partition coefficient (Wildman–Crippen LogP) is 2.89. The fourth-order valence-electron chi connectivity index (χ4n) is 2.76. The zero-order chi connectivity index (χ0) is 14.9. The largest absolute Gasteiger partial charge is 0.443 e. The van der Waals surface area contributed by atoms with Crippen molar-refractivity contribution in [1.82, 2.24) is 14.8 Å². The summed E-state index contributed by atoms with van der Waals surface area (Å²) in [5.74, 6) is 0.594. The highest BCUT2D eigenvalue weighted by atomic mass is 32.1. The van der Waals surface area contributed by atoms with Crippen LogP contribution in [0.15, 0.2) is 39.1 Å². The number of hydrogen-bond donors (Lipinski definition) is 0. The van der Waals surface area contributed by atoms with E-state index in [4.69, 9.17) is 4.42 Å². The SMILES string of the molecule is O=c1cc2c(nn1Cc1coc(-c3cccs3)n1)CCCC2. The molecule has 0 unspecified atom stereocenters. The van der Waals surface area contributed by atoms with Crippen molar-refractivity contribution in [3.8, 4) is 10.8 Å². The second-order valence-corrected chi connectivity index (χ2v) is 6.39. The summed E-state index contributed by atoms with van der Waals surface area (Å²) in [5, 5.41) is 6.49. The number of hydrogen-bond acceptors (Lipinski definition) is 5. The van der Waals surface area contributed by atoms with Crippen LogP contribution >= 0.6 is 11.3 Å². The van der Waals surface area contributed by atoms with Crippen LogP contribution in [-0.4, -0.2) is 14.8 Å². The minimum Gasteiger partial charge on any atom is -0.443 e.